The topological polar surface area (TPSA) is 61.4 Å². The summed E-state index contributed by atoms with van der Waals surface area (Å²) in [7, 11) is -1.98. The molecule has 0 aromatic heterocycles. The molecule has 5 nitrogen and oxygen atoms in total. The zero-order chi connectivity index (χ0) is 15.3. The third-order valence-electron chi connectivity index (χ3n) is 4.08. The second-order valence-electron chi connectivity index (χ2n) is 5.41. The first-order valence-electron chi connectivity index (χ1n) is 7.56. The average Bonchev–Trinajstić information content (AvgIpc) is 2.53. The molecule has 1 saturated heterocycles. The fourth-order valence-electron chi connectivity index (χ4n) is 2.83. The number of para-hydroxylation sites is 1. The lowest BCUT2D eigenvalue weighted by Crippen LogP contribution is -2.37. The molecule has 0 atom stereocenters. The molecule has 0 radical (unpaired) electrons. The number of nitrogens with zero attached hydrogens (tertiary/aromatic N) is 1. The Labute approximate surface area is 127 Å². The zero-order valence-electron chi connectivity index (χ0n) is 12.8. The van der Waals surface area contributed by atoms with Gasteiger partial charge in [0.15, 0.2) is 0 Å². The van der Waals surface area contributed by atoms with E-state index in [4.69, 9.17) is 0 Å². The van der Waals surface area contributed by atoms with Crippen LogP contribution in [0.4, 0.5) is 5.69 Å². The van der Waals surface area contributed by atoms with Gasteiger partial charge in [0.05, 0.1) is 5.69 Å². The Morgan fingerprint density at radius 1 is 1.29 bits per heavy atom. The van der Waals surface area contributed by atoms with E-state index in [0.717, 1.165) is 44.7 Å². The number of nitrogens with one attached hydrogen (secondary N) is 2. The van der Waals surface area contributed by atoms with Crippen molar-refractivity contribution >= 4 is 15.7 Å². The summed E-state index contributed by atoms with van der Waals surface area (Å²) in [6, 6.07) is 7.24. The van der Waals surface area contributed by atoms with Gasteiger partial charge in [0, 0.05) is 13.1 Å². The summed E-state index contributed by atoms with van der Waals surface area (Å²) in [5.41, 5.74) is 0.799. The molecule has 1 aromatic rings. The second-order valence-corrected chi connectivity index (χ2v) is 7.26. The van der Waals surface area contributed by atoms with Gasteiger partial charge in [-0.15, -0.1) is 0 Å². The summed E-state index contributed by atoms with van der Waals surface area (Å²) < 4.78 is 26.8. The summed E-state index contributed by atoms with van der Waals surface area (Å²) in [6.07, 6.45) is 2.30. The molecule has 6 heteroatoms. The largest absolute Gasteiger partial charge is 0.370 e. The smallest absolute Gasteiger partial charge is 0.242 e. The van der Waals surface area contributed by atoms with E-state index < -0.39 is 10.0 Å². The molecule has 0 spiro atoms. The van der Waals surface area contributed by atoms with Crippen LogP contribution in [-0.4, -0.2) is 41.6 Å². The SMILES string of the molecule is CCN(CC1CCNCC1)c1ccccc1S(=O)(=O)NC. The molecule has 2 N–H and O–H groups in total. The summed E-state index contributed by atoms with van der Waals surface area (Å²) in [5.74, 6) is 0.622. The molecule has 1 aliphatic heterocycles. The van der Waals surface area contributed by atoms with Crippen LogP contribution in [0.25, 0.3) is 0 Å². The average molecular weight is 311 g/mol. The van der Waals surface area contributed by atoms with Gasteiger partial charge in [-0.05, 0) is 58.0 Å². The van der Waals surface area contributed by atoms with E-state index in [9.17, 15) is 8.42 Å². The Bertz CT molecular complexity index is 554. The van der Waals surface area contributed by atoms with Gasteiger partial charge in [-0.2, -0.15) is 0 Å². The van der Waals surface area contributed by atoms with Crippen molar-refractivity contribution in [3.05, 3.63) is 24.3 Å². The van der Waals surface area contributed by atoms with Crippen molar-refractivity contribution < 1.29 is 8.42 Å². The third-order valence-corrected chi connectivity index (χ3v) is 5.54. The van der Waals surface area contributed by atoms with Gasteiger partial charge in [0.1, 0.15) is 4.90 Å². The first kappa shape index (κ1) is 16.3. The Kier molecular flexibility index (Phi) is 5.61. The van der Waals surface area contributed by atoms with Crippen molar-refractivity contribution in [1.82, 2.24) is 10.0 Å². The Hall–Kier alpha value is -1.11. The van der Waals surface area contributed by atoms with Crippen molar-refractivity contribution in [3.63, 3.8) is 0 Å². The molecular weight excluding hydrogens is 286 g/mol. The monoisotopic (exact) mass is 311 g/mol. The van der Waals surface area contributed by atoms with Gasteiger partial charge < -0.3 is 10.2 Å². The highest BCUT2D eigenvalue weighted by Gasteiger charge is 2.22. The molecule has 0 bridgehead atoms. The van der Waals surface area contributed by atoms with Crippen LogP contribution in [-0.2, 0) is 10.0 Å². The van der Waals surface area contributed by atoms with E-state index in [0.29, 0.717) is 10.8 Å². The van der Waals surface area contributed by atoms with E-state index in [1.807, 2.05) is 12.1 Å². The van der Waals surface area contributed by atoms with Crippen molar-refractivity contribution in [3.8, 4) is 0 Å². The molecule has 1 aromatic carbocycles. The highest BCUT2D eigenvalue weighted by atomic mass is 32.2. The zero-order valence-corrected chi connectivity index (χ0v) is 13.6. The molecular formula is C15H25N3O2S. The minimum atomic E-state index is -3.43. The van der Waals surface area contributed by atoms with Crippen molar-refractivity contribution in [1.29, 1.82) is 0 Å². The first-order chi connectivity index (χ1) is 10.1. The van der Waals surface area contributed by atoms with Gasteiger partial charge in [0.25, 0.3) is 0 Å². The molecule has 1 aliphatic rings. The maximum atomic E-state index is 12.2. The first-order valence-corrected chi connectivity index (χ1v) is 9.05. The number of rotatable bonds is 6. The van der Waals surface area contributed by atoms with Crippen LogP contribution in [0.15, 0.2) is 29.2 Å². The molecule has 21 heavy (non-hydrogen) atoms. The number of benzene rings is 1. The maximum absolute atomic E-state index is 12.2. The summed E-state index contributed by atoms with van der Waals surface area (Å²) in [4.78, 5) is 2.54. The van der Waals surface area contributed by atoms with Crippen LogP contribution in [0.1, 0.15) is 19.8 Å². The predicted octanol–water partition coefficient (Wildman–Crippen LogP) is 1.42. The quantitative estimate of drug-likeness (QED) is 0.834. The van der Waals surface area contributed by atoms with Gasteiger partial charge in [-0.3, -0.25) is 0 Å². The van der Waals surface area contributed by atoms with Crippen LogP contribution < -0.4 is 14.9 Å². The van der Waals surface area contributed by atoms with Gasteiger partial charge in [-0.25, -0.2) is 13.1 Å². The summed E-state index contributed by atoms with van der Waals surface area (Å²) in [5, 5.41) is 3.37. The van der Waals surface area contributed by atoms with Crippen LogP contribution in [0.3, 0.4) is 0 Å². The lowest BCUT2D eigenvalue weighted by Gasteiger charge is -2.31. The molecule has 2 rings (SSSR count). The second kappa shape index (κ2) is 7.24. The lowest BCUT2D eigenvalue weighted by atomic mass is 9.97. The normalized spacial score (nSPS) is 16.9. The van der Waals surface area contributed by atoms with Gasteiger partial charge in [-0.1, -0.05) is 12.1 Å². The predicted molar refractivity (Wildman–Crippen MR) is 86.2 cm³/mol. The highest BCUT2D eigenvalue weighted by Crippen LogP contribution is 2.26. The molecule has 0 aliphatic carbocycles. The van der Waals surface area contributed by atoms with Crippen molar-refractivity contribution in [2.24, 2.45) is 5.92 Å². The van der Waals surface area contributed by atoms with Gasteiger partial charge >= 0.3 is 0 Å². The minimum absolute atomic E-state index is 0.364. The highest BCUT2D eigenvalue weighted by molar-refractivity contribution is 7.89. The third kappa shape index (κ3) is 3.96. The van der Waals surface area contributed by atoms with E-state index >= 15 is 0 Å². The molecule has 1 fully saturated rings. The Morgan fingerprint density at radius 3 is 2.57 bits per heavy atom. The lowest BCUT2D eigenvalue weighted by molar-refractivity contribution is 0.374. The molecule has 1 heterocycles. The van der Waals surface area contributed by atoms with Gasteiger partial charge in [0.2, 0.25) is 10.0 Å². The van der Waals surface area contributed by atoms with Crippen molar-refractivity contribution in [2.45, 2.75) is 24.7 Å². The minimum Gasteiger partial charge on any atom is -0.370 e. The number of piperidine rings is 1. The Morgan fingerprint density at radius 2 is 1.95 bits per heavy atom. The molecule has 0 amide bonds. The molecule has 118 valence electrons. The Balaban J connectivity index is 2.25. The molecule has 0 saturated carbocycles. The number of anilines is 1. The standard InChI is InChI=1S/C15H25N3O2S/c1-3-18(12-13-8-10-17-11-9-13)14-6-4-5-7-15(14)21(19,20)16-2/h4-7,13,16-17H,3,8-12H2,1-2H3. The summed E-state index contributed by atoms with van der Waals surface area (Å²) >= 11 is 0. The number of hydrogen-bond donors (Lipinski definition) is 2. The van der Waals surface area contributed by atoms with Crippen LogP contribution in [0.5, 0.6) is 0 Å². The molecule has 0 unspecified atom stereocenters. The maximum Gasteiger partial charge on any atom is 0.242 e. The summed E-state index contributed by atoms with van der Waals surface area (Å²) in [6.45, 7) is 5.90. The van der Waals surface area contributed by atoms with Crippen LogP contribution >= 0.6 is 0 Å². The van der Waals surface area contributed by atoms with E-state index in [1.54, 1.807) is 12.1 Å². The van der Waals surface area contributed by atoms with Crippen LogP contribution in [0.2, 0.25) is 0 Å². The number of hydrogen-bond acceptors (Lipinski definition) is 4. The van der Waals surface area contributed by atoms with Crippen molar-refractivity contribution in [2.75, 3.05) is 38.1 Å². The number of sulfonamides is 1. The van der Waals surface area contributed by atoms with E-state index in [-0.39, 0.29) is 0 Å². The van der Waals surface area contributed by atoms with E-state index in [2.05, 4.69) is 21.9 Å². The van der Waals surface area contributed by atoms with E-state index in [1.165, 1.54) is 7.05 Å². The fourth-order valence-corrected chi connectivity index (χ4v) is 3.78. The van der Waals surface area contributed by atoms with Crippen LogP contribution in [0, 0.1) is 5.92 Å². The fraction of sp³-hybridized carbons (Fsp3) is 0.600.